The fraction of sp³-hybridized carbons (Fsp3) is 0.182. The number of hydrogen-bond donors (Lipinski definition) is 3. The SMILES string of the molecule is CC(O)c1ccccc1-c1cn[nH]c1N. The third-order valence-corrected chi connectivity index (χ3v) is 2.37. The van der Waals surface area contributed by atoms with E-state index in [-0.39, 0.29) is 0 Å². The Kier molecular flexibility index (Phi) is 2.43. The normalized spacial score (nSPS) is 12.7. The zero-order chi connectivity index (χ0) is 10.8. The van der Waals surface area contributed by atoms with Crippen molar-refractivity contribution in [1.82, 2.24) is 10.2 Å². The van der Waals surface area contributed by atoms with E-state index in [4.69, 9.17) is 5.73 Å². The van der Waals surface area contributed by atoms with Crippen LogP contribution in [-0.4, -0.2) is 15.3 Å². The van der Waals surface area contributed by atoms with Crippen molar-refractivity contribution in [2.45, 2.75) is 13.0 Å². The lowest BCUT2D eigenvalue weighted by Gasteiger charge is -2.10. The van der Waals surface area contributed by atoms with Crippen LogP contribution in [0, 0.1) is 0 Å². The molecule has 0 radical (unpaired) electrons. The minimum Gasteiger partial charge on any atom is -0.389 e. The van der Waals surface area contributed by atoms with Gasteiger partial charge in [0.05, 0.1) is 12.3 Å². The summed E-state index contributed by atoms with van der Waals surface area (Å²) in [5.74, 6) is 0.517. The van der Waals surface area contributed by atoms with Crippen LogP contribution < -0.4 is 5.73 Å². The van der Waals surface area contributed by atoms with Gasteiger partial charge in [-0.25, -0.2) is 0 Å². The maximum absolute atomic E-state index is 9.62. The number of hydrogen-bond acceptors (Lipinski definition) is 3. The maximum atomic E-state index is 9.62. The lowest BCUT2D eigenvalue weighted by molar-refractivity contribution is 0.200. The number of aromatic nitrogens is 2. The van der Waals surface area contributed by atoms with E-state index in [2.05, 4.69) is 10.2 Å². The van der Waals surface area contributed by atoms with Crippen molar-refractivity contribution in [2.24, 2.45) is 0 Å². The summed E-state index contributed by atoms with van der Waals surface area (Å²) in [4.78, 5) is 0. The minimum atomic E-state index is -0.518. The van der Waals surface area contributed by atoms with E-state index in [0.717, 1.165) is 16.7 Å². The van der Waals surface area contributed by atoms with Crippen molar-refractivity contribution in [3.63, 3.8) is 0 Å². The van der Waals surface area contributed by atoms with Gasteiger partial charge >= 0.3 is 0 Å². The van der Waals surface area contributed by atoms with Crippen LogP contribution in [0.15, 0.2) is 30.5 Å². The van der Waals surface area contributed by atoms with E-state index in [1.807, 2.05) is 24.3 Å². The molecule has 0 saturated carbocycles. The molecule has 1 aromatic carbocycles. The molecule has 0 aliphatic carbocycles. The number of H-pyrrole nitrogens is 1. The van der Waals surface area contributed by atoms with E-state index in [0.29, 0.717) is 5.82 Å². The molecule has 4 N–H and O–H groups in total. The Morgan fingerprint density at radius 1 is 1.33 bits per heavy atom. The second-order valence-corrected chi connectivity index (χ2v) is 3.46. The molecule has 0 fully saturated rings. The molecule has 2 aromatic rings. The highest BCUT2D eigenvalue weighted by Gasteiger charge is 2.12. The molecule has 2 rings (SSSR count). The summed E-state index contributed by atoms with van der Waals surface area (Å²) in [6, 6.07) is 7.60. The third-order valence-electron chi connectivity index (χ3n) is 2.37. The molecule has 4 nitrogen and oxygen atoms in total. The van der Waals surface area contributed by atoms with Crippen molar-refractivity contribution in [1.29, 1.82) is 0 Å². The average molecular weight is 203 g/mol. The van der Waals surface area contributed by atoms with Crippen LogP contribution in [0.1, 0.15) is 18.6 Å². The number of anilines is 1. The largest absolute Gasteiger partial charge is 0.389 e. The van der Waals surface area contributed by atoms with Gasteiger partial charge in [-0.1, -0.05) is 24.3 Å². The van der Waals surface area contributed by atoms with E-state index in [1.165, 1.54) is 0 Å². The Balaban J connectivity index is 2.58. The summed E-state index contributed by atoms with van der Waals surface area (Å²) in [6.07, 6.45) is 1.15. The zero-order valence-electron chi connectivity index (χ0n) is 8.44. The summed E-state index contributed by atoms with van der Waals surface area (Å²) in [7, 11) is 0. The van der Waals surface area contributed by atoms with Gasteiger partial charge in [-0.2, -0.15) is 5.10 Å². The van der Waals surface area contributed by atoms with Gasteiger partial charge in [0.15, 0.2) is 0 Å². The Morgan fingerprint density at radius 3 is 2.67 bits per heavy atom. The predicted octanol–water partition coefficient (Wildman–Crippen LogP) is 1.71. The number of benzene rings is 1. The molecule has 78 valence electrons. The van der Waals surface area contributed by atoms with Gasteiger partial charge in [0.25, 0.3) is 0 Å². The van der Waals surface area contributed by atoms with Crippen molar-refractivity contribution < 1.29 is 5.11 Å². The second-order valence-electron chi connectivity index (χ2n) is 3.46. The lowest BCUT2D eigenvalue weighted by atomic mass is 9.98. The number of aromatic amines is 1. The van der Waals surface area contributed by atoms with E-state index < -0.39 is 6.10 Å². The van der Waals surface area contributed by atoms with Crippen LogP contribution in [0.2, 0.25) is 0 Å². The number of nitrogen functional groups attached to an aromatic ring is 1. The number of aliphatic hydroxyl groups is 1. The molecule has 4 heteroatoms. The van der Waals surface area contributed by atoms with Gasteiger partial charge < -0.3 is 10.8 Å². The van der Waals surface area contributed by atoms with Crippen LogP contribution in [0.5, 0.6) is 0 Å². The molecule has 0 bridgehead atoms. The fourth-order valence-electron chi connectivity index (χ4n) is 1.62. The zero-order valence-corrected chi connectivity index (χ0v) is 8.44. The summed E-state index contributed by atoms with van der Waals surface area (Å²) >= 11 is 0. The smallest absolute Gasteiger partial charge is 0.126 e. The van der Waals surface area contributed by atoms with Gasteiger partial charge in [0.2, 0.25) is 0 Å². The highest BCUT2D eigenvalue weighted by molar-refractivity contribution is 5.75. The van der Waals surface area contributed by atoms with E-state index >= 15 is 0 Å². The first kappa shape index (κ1) is 9.73. The van der Waals surface area contributed by atoms with Crippen molar-refractivity contribution in [2.75, 3.05) is 5.73 Å². The molecule has 15 heavy (non-hydrogen) atoms. The molecule has 0 aliphatic heterocycles. The predicted molar refractivity (Wildman–Crippen MR) is 59.1 cm³/mol. The molecule has 1 unspecified atom stereocenters. The molecule has 0 amide bonds. The van der Waals surface area contributed by atoms with Gasteiger partial charge in [-0.3, -0.25) is 5.10 Å². The summed E-state index contributed by atoms with van der Waals surface area (Å²) in [5.41, 5.74) is 8.34. The quantitative estimate of drug-likeness (QED) is 0.695. The van der Waals surface area contributed by atoms with Crippen LogP contribution in [-0.2, 0) is 0 Å². The number of nitrogens with zero attached hydrogens (tertiary/aromatic N) is 1. The second kappa shape index (κ2) is 3.74. The van der Waals surface area contributed by atoms with Crippen LogP contribution >= 0.6 is 0 Å². The Hall–Kier alpha value is -1.81. The third kappa shape index (κ3) is 1.71. The van der Waals surface area contributed by atoms with Gasteiger partial charge in [0, 0.05) is 5.56 Å². The topological polar surface area (TPSA) is 74.9 Å². The van der Waals surface area contributed by atoms with Gasteiger partial charge in [0.1, 0.15) is 5.82 Å². The van der Waals surface area contributed by atoms with Crippen molar-refractivity contribution in [3.05, 3.63) is 36.0 Å². The number of rotatable bonds is 2. The molecular weight excluding hydrogens is 190 g/mol. The molecule has 1 heterocycles. The first-order valence-electron chi connectivity index (χ1n) is 4.76. The molecule has 1 atom stereocenters. The Labute approximate surface area is 87.7 Å². The van der Waals surface area contributed by atoms with Gasteiger partial charge in [-0.15, -0.1) is 0 Å². The monoisotopic (exact) mass is 203 g/mol. The molecule has 0 spiro atoms. The maximum Gasteiger partial charge on any atom is 0.126 e. The molecule has 1 aromatic heterocycles. The van der Waals surface area contributed by atoms with Crippen molar-refractivity contribution in [3.8, 4) is 11.1 Å². The standard InChI is InChI=1S/C11H13N3O/c1-7(15)8-4-2-3-5-9(8)10-6-13-14-11(10)12/h2-7,15H,1H3,(H3,12,13,14). The van der Waals surface area contributed by atoms with Crippen LogP contribution in [0.4, 0.5) is 5.82 Å². The molecule has 0 aliphatic rings. The number of nitrogens with two attached hydrogens (primary N) is 1. The summed E-state index contributed by atoms with van der Waals surface area (Å²) in [5, 5.41) is 16.2. The van der Waals surface area contributed by atoms with E-state index in [1.54, 1.807) is 13.1 Å². The highest BCUT2D eigenvalue weighted by atomic mass is 16.3. The Morgan fingerprint density at radius 2 is 2.07 bits per heavy atom. The fourth-order valence-corrected chi connectivity index (χ4v) is 1.62. The minimum absolute atomic E-state index is 0.517. The summed E-state index contributed by atoms with van der Waals surface area (Å²) < 4.78 is 0. The molecular formula is C11H13N3O. The first-order valence-corrected chi connectivity index (χ1v) is 4.76. The van der Waals surface area contributed by atoms with Gasteiger partial charge in [-0.05, 0) is 18.1 Å². The summed E-state index contributed by atoms with van der Waals surface area (Å²) in [6.45, 7) is 1.73. The molecule has 0 saturated heterocycles. The Bertz CT molecular complexity index is 462. The first-order chi connectivity index (χ1) is 7.20. The lowest BCUT2D eigenvalue weighted by Crippen LogP contribution is -1.96. The number of aliphatic hydroxyl groups excluding tert-OH is 1. The van der Waals surface area contributed by atoms with Crippen LogP contribution in [0.3, 0.4) is 0 Å². The van der Waals surface area contributed by atoms with E-state index in [9.17, 15) is 5.11 Å². The van der Waals surface area contributed by atoms with Crippen molar-refractivity contribution >= 4 is 5.82 Å². The van der Waals surface area contributed by atoms with Crippen LogP contribution in [0.25, 0.3) is 11.1 Å². The average Bonchev–Trinajstić information content (AvgIpc) is 2.64. The number of nitrogens with one attached hydrogen (secondary N) is 1. The highest BCUT2D eigenvalue weighted by Crippen LogP contribution is 2.30.